The van der Waals surface area contributed by atoms with E-state index in [-0.39, 0.29) is 6.42 Å². The molecule has 0 aromatic heterocycles. The van der Waals surface area contributed by atoms with E-state index in [0.717, 1.165) is 25.7 Å². The molecule has 0 amide bonds. The fourth-order valence-electron chi connectivity index (χ4n) is 1.35. The van der Waals surface area contributed by atoms with E-state index >= 15 is 0 Å². The number of hydrogen-bond acceptors (Lipinski definition) is 2. The van der Waals surface area contributed by atoms with Gasteiger partial charge in [0.2, 0.25) is 0 Å². The molecule has 0 heterocycles. The first-order valence-electron chi connectivity index (χ1n) is 5.62. The van der Waals surface area contributed by atoms with Crippen LogP contribution in [0.5, 0.6) is 0 Å². The number of hydrogen-bond donors (Lipinski definition) is 2. The van der Waals surface area contributed by atoms with Crippen molar-refractivity contribution in [2.24, 2.45) is 0 Å². The molecule has 0 spiro atoms. The number of terminal acetylenes is 1. The van der Waals surface area contributed by atoms with Crippen LogP contribution in [-0.4, -0.2) is 22.4 Å². The Balaban J connectivity index is 3.59. The molecule has 2 heteroatoms. The molecule has 2 nitrogen and oxygen atoms in total. The Kier molecular flexibility index (Phi) is 9.52. The van der Waals surface area contributed by atoms with Gasteiger partial charge in [-0.05, 0) is 31.1 Å². The Morgan fingerprint density at radius 3 is 2.56 bits per heavy atom. The Morgan fingerprint density at radius 2 is 1.94 bits per heavy atom. The van der Waals surface area contributed by atoms with Gasteiger partial charge in [0.25, 0.3) is 0 Å². The third kappa shape index (κ3) is 8.12. The Labute approximate surface area is 98.4 Å². The Morgan fingerprint density at radius 1 is 1.19 bits per heavy atom. The first-order valence-corrected chi connectivity index (χ1v) is 5.62. The van der Waals surface area contributed by atoms with Crippen molar-refractivity contribution in [3.63, 3.8) is 0 Å². The molecule has 0 aromatic rings. The smallest absolute Gasteiger partial charge is 0.0908 e. The van der Waals surface area contributed by atoms with Crippen LogP contribution in [0.15, 0.2) is 12.7 Å². The van der Waals surface area contributed by atoms with Crippen molar-refractivity contribution < 1.29 is 10.2 Å². The highest BCUT2D eigenvalue weighted by Crippen LogP contribution is 2.10. The van der Waals surface area contributed by atoms with Crippen LogP contribution in [0.1, 0.15) is 38.5 Å². The SMILES string of the molecule is C#CC#CC[C@@H](O)[C@@H](O)CCCCCC=C. The van der Waals surface area contributed by atoms with E-state index in [0.29, 0.717) is 6.42 Å². The topological polar surface area (TPSA) is 40.5 Å². The summed E-state index contributed by atoms with van der Waals surface area (Å²) in [6.45, 7) is 3.64. The first kappa shape index (κ1) is 14.8. The molecule has 0 rings (SSSR count). The summed E-state index contributed by atoms with van der Waals surface area (Å²) in [5.41, 5.74) is 0. The van der Waals surface area contributed by atoms with E-state index in [1.54, 1.807) is 0 Å². The molecule has 0 fully saturated rings. The van der Waals surface area contributed by atoms with E-state index in [1.165, 1.54) is 0 Å². The monoisotopic (exact) mass is 220 g/mol. The van der Waals surface area contributed by atoms with E-state index < -0.39 is 12.2 Å². The molecule has 0 aliphatic rings. The minimum absolute atomic E-state index is 0.234. The molecular formula is C14H20O2. The lowest BCUT2D eigenvalue weighted by Crippen LogP contribution is -2.25. The van der Waals surface area contributed by atoms with Crippen molar-refractivity contribution in [1.82, 2.24) is 0 Å². The molecule has 0 saturated heterocycles. The maximum Gasteiger partial charge on any atom is 0.0908 e. The summed E-state index contributed by atoms with van der Waals surface area (Å²) < 4.78 is 0. The van der Waals surface area contributed by atoms with Crippen LogP contribution < -0.4 is 0 Å². The number of aliphatic hydroxyl groups is 2. The summed E-state index contributed by atoms with van der Waals surface area (Å²) >= 11 is 0. The zero-order valence-corrected chi connectivity index (χ0v) is 9.65. The fraction of sp³-hybridized carbons (Fsp3) is 0.571. The average molecular weight is 220 g/mol. The summed E-state index contributed by atoms with van der Waals surface area (Å²) in [5.74, 6) is 7.20. The van der Waals surface area contributed by atoms with Gasteiger partial charge in [-0.15, -0.1) is 13.0 Å². The summed E-state index contributed by atoms with van der Waals surface area (Å²) in [5, 5.41) is 19.1. The standard InChI is InChI=1S/C14H20O2/c1-3-5-7-8-10-12-14(16)13(15)11-9-6-4-2/h2-3,13-16H,1,5,7-8,10-12H2/t13-,14+/m1/s1. The molecule has 0 aromatic carbocycles. The predicted octanol–water partition coefficient (Wildman–Crippen LogP) is 1.87. The van der Waals surface area contributed by atoms with Gasteiger partial charge >= 0.3 is 0 Å². The van der Waals surface area contributed by atoms with Gasteiger partial charge < -0.3 is 10.2 Å². The van der Waals surface area contributed by atoms with Crippen LogP contribution in [0.4, 0.5) is 0 Å². The highest BCUT2D eigenvalue weighted by atomic mass is 16.3. The molecule has 88 valence electrons. The highest BCUT2D eigenvalue weighted by Gasteiger charge is 2.14. The molecule has 0 bridgehead atoms. The van der Waals surface area contributed by atoms with Crippen molar-refractivity contribution in [2.75, 3.05) is 0 Å². The van der Waals surface area contributed by atoms with Gasteiger partial charge in [0.05, 0.1) is 12.2 Å². The number of rotatable bonds is 8. The third-order valence-electron chi connectivity index (χ3n) is 2.32. The molecule has 0 saturated carbocycles. The Bertz CT molecular complexity index is 277. The van der Waals surface area contributed by atoms with Crippen LogP contribution in [0.2, 0.25) is 0 Å². The predicted molar refractivity (Wildman–Crippen MR) is 66.5 cm³/mol. The second-order valence-corrected chi connectivity index (χ2v) is 3.71. The van der Waals surface area contributed by atoms with Crippen LogP contribution >= 0.6 is 0 Å². The lowest BCUT2D eigenvalue weighted by Gasteiger charge is -2.15. The third-order valence-corrected chi connectivity index (χ3v) is 2.32. The zero-order valence-electron chi connectivity index (χ0n) is 9.65. The number of aliphatic hydroxyl groups excluding tert-OH is 2. The lowest BCUT2D eigenvalue weighted by atomic mass is 10.0. The van der Waals surface area contributed by atoms with Gasteiger partial charge in [0.15, 0.2) is 0 Å². The zero-order chi connectivity index (χ0) is 12.2. The maximum atomic E-state index is 9.58. The van der Waals surface area contributed by atoms with Crippen molar-refractivity contribution in [3.8, 4) is 24.2 Å². The molecule has 0 radical (unpaired) electrons. The minimum Gasteiger partial charge on any atom is -0.390 e. The molecule has 0 aliphatic heterocycles. The van der Waals surface area contributed by atoms with Gasteiger partial charge in [-0.2, -0.15) is 0 Å². The van der Waals surface area contributed by atoms with E-state index in [4.69, 9.17) is 6.42 Å². The van der Waals surface area contributed by atoms with Gasteiger partial charge in [0, 0.05) is 6.42 Å². The van der Waals surface area contributed by atoms with E-state index in [2.05, 4.69) is 24.3 Å². The van der Waals surface area contributed by atoms with Crippen molar-refractivity contribution in [2.45, 2.75) is 50.7 Å². The Hall–Kier alpha value is -1.22. The minimum atomic E-state index is -0.791. The van der Waals surface area contributed by atoms with E-state index in [9.17, 15) is 10.2 Å². The molecule has 16 heavy (non-hydrogen) atoms. The van der Waals surface area contributed by atoms with Crippen LogP contribution in [0.3, 0.4) is 0 Å². The van der Waals surface area contributed by atoms with Crippen molar-refractivity contribution >= 4 is 0 Å². The average Bonchev–Trinajstić information content (AvgIpc) is 2.28. The van der Waals surface area contributed by atoms with Crippen LogP contribution in [-0.2, 0) is 0 Å². The fourth-order valence-corrected chi connectivity index (χ4v) is 1.35. The second kappa shape index (κ2) is 10.3. The molecule has 2 atom stereocenters. The molecular weight excluding hydrogens is 200 g/mol. The summed E-state index contributed by atoms with van der Waals surface area (Å²) in [6, 6.07) is 0. The summed E-state index contributed by atoms with van der Waals surface area (Å²) in [6.07, 6.45) is 10.2. The van der Waals surface area contributed by atoms with Crippen LogP contribution in [0, 0.1) is 24.2 Å². The van der Waals surface area contributed by atoms with E-state index in [1.807, 2.05) is 6.08 Å². The number of unbranched alkanes of at least 4 members (excludes halogenated alkanes) is 3. The van der Waals surface area contributed by atoms with Crippen LogP contribution in [0.25, 0.3) is 0 Å². The maximum absolute atomic E-state index is 9.58. The van der Waals surface area contributed by atoms with Gasteiger partial charge in [-0.25, -0.2) is 0 Å². The molecule has 0 unspecified atom stereocenters. The highest BCUT2D eigenvalue weighted by molar-refractivity contribution is 5.21. The van der Waals surface area contributed by atoms with Gasteiger partial charge in [-0.1, -0.05) is 24.8 Å². The second-order valence-electron chi connectivity index (χ2n) is 3.71. The molecule has 0 aliphatic carbocycles. The summed E-state index contributed by atoms with van der Waals surface area (Å²) in [7, 11) is 0. The first-order chi connectivity index (χ1) is 7.72. The largest absolute Gasteiger partial charge is 0.390 e. The van der Waals surface area contributed by atoms with Crippen molar-refractivity contribution in [3.05, 3.63) is 12.7 Å². The van der Waals surface area contributed by atoms with Gasteiger partial charge in [-0.3, -0.25) is 0 Å². The number of allylic oxidation sites excluding steroid dienone is 1. The lowest BCUT2D eigenvalue weighted by molar-refractivity contribution is 0.0165. The molecule has 2 N–H and O–H groups in total. The normalized spacial score (nSPS) is 13.1. The summed E-state index contributed by atoms with van der Waals surface area (Å²) in [4.78, 5) is 0. The van der Waals surface area contributed by atoms with Crippen molar-refractivity contribution in [1.29, 1.82) is 0 Å². The van der Waals surface area contributed by atoms with Gasteiger partial charge in [0.1, 0.15) is 0 Å². The quantitative estimate of drug-likeness (QED) is 0.372.